The molecule has 0 amide bonds. The molecule has 0 spiro atoms. The van der Waals surface area contributed by atoms with E-state index in [2.05, 4.69) is 0 Å². The molecular weight excluding hydrogens is 288 g/mol. The van der Waals surface area contributed by atoms with Crippen LogP contribution in [0, 0.1) is 18.6 Å². The first-order valence-electron chi connectivity index (χ1n) is 6.68. The van der Waals surface area contributed by atoms with Gasteiger partial charge >= 0.3 is 0 Å². The Bertz CT molecular complexity index is 689. The van der Waals surface area contributed by atoms with E-state index in [-0.39, 0.29) is 26.0 Å². The molecule has 5 heteroatoms. The molecule has 118 valence electrons. The maximum atomic E-state index is 13.8. The van der Waals surface area contributed by atoms with Crippen molar-refractivity contribution in [3.05, 3.63) is 47.5 Å². The lowest BCUT2D eigenvalue weighted by molar-refractivity contribution is 0.0971. The molecule has 0 unspecified atom stereocenters. The van der Waals surface area contributed by atoms with E-state index in [1.165, 1.54) is 24.3 Å². The predicted octanol–water partition coefficient (Wildman–Crippen LogP) is 3.67. The van der Waals surface area contributed by atoms with Gasteiger partial charge in [0.15, 0.2) is 11.5 Å². The smallest absolute Gasteiger partial charge is 0.169 e. The molecule has 22 heavy (non-hydrogen) atoms. The first-order chi connectivity index (χ1) is 10.1. The fraction of sp³-hybridized carbons (Fsp3) is 0.294. The number of halogens is 2. The normalized spacial score (nSPS) is 16.1. The minimum atomic E-state index is -0.428. The largest absolute Gasteiger partial charge is 0.486 e. The Morgan fingerprint density at radius 1 is 1.14 bits per heavy atom. The van der Waals surface area contributed by atoms with Crippen molar-refractivity contribution in [1.29, 1.82) is 0 Å². The van der Waals surface area contributed by atoms with Crippen LogP contribution in [0.1, 0.15) is 13.0 Å². The minimum absolute atomic E-state index is 0. The maximum Gasteiger partial charge on any atom is 0.169 e. The molecule has 0 saturated heterocycles. The number of benzene rings is 2. The number of nitrogens with two attached hydrogens (primary N) is 1. The van der Waals surface area contributed by atoms with E-state index in [9.17, 15) is 8.78 Å². The highest BCUT2D eigenvalue weighted by molar-refractivity contribution is 5.76. The van der Waals surface area contributed by atoms with Gasteiger partial charge in [-0.05, 0) is 36.2 Å². The monoisotopic (exact) mass is 307 g/mol. The van der Waals surface area contributed by atoms with Gasteiger partial charge in [-0.1, -0.05) is 13.5 Å². The van der Waals surface area contributed by atoms with Gasteiger partial charge in [0.2, 0.25) is 0 Å². The molecule has 0 fully saturated rings. The molecule has 1 aliphatic rings. The van der Waals surface area contributed by atoms with Crippen molar-refractivity contribution in [2.24, 2.45) is 5.73 Å². The fourth-order valence-corrected chi connectivity index (χ4v) is 2.43. The molecule has 2 N–H and O–H groups in total. The molecule has 3 rings (SSSR count). The quantitative estimate of drug-likeness (QED) is 0.920. The summed E-state index contributed by atoms with van der Waals surface area (Å²) in [5.41, 5.74) is 7.54. The van der Waals surface area contributed by atoms with Gasteiger partial charge in [0.1, 0.15) is 24.3 Å². The highest BCUT2D eigenvalue weighted by atomic mass is 19.1. The Kier molecular flexibility index (Phi) is 4.66. The summed E-state index contributed by atoms with van der Waals surface area (Å²) in [6, 6.07) is 6.99. The number of aryl methyl sites for hydroxylation is 1. The first-order valence-corrected chi connectivity index (χ1v) is 6.68. The fourth-order valence-electron chi connectivity index (χ4n) is 2.43. The molecule has 3 nitrogen and oxygen atoms in total. The first kappa shape index (κ1) is 16.2. The summed E-state index contributed by atoms with van der Waals surface area (Å²) in [5.74, 6) is 0.0343. The summed E-state index contributed by atoms with van der Waals surface area (Å²) < 4.78 is 38.4. The second-order valence-electron chi connectivity index (χ2n) is 5.03. The van der Waals surface area contributed by atoms with Gasteiger partial charge in [0.25, 0.3) is 0 Å². The third kappa shape index (κ3) is 2.90. The SMILES string of the molecule is C.Cc1cc(F)ccc1-c1cc(F)cc2c1O[C@@H](CN)CO2. The third-order valence-electron chi connectivity index (χ3n) is 3.47. The lowest BCUT2D eigenvalue weighted by Gasteiger charge is -2.27. The van der Waals surface area contributed by atoms with Gasteiger partial charge in [-0.25, -0.2) is 8.78 Å². The van der Waals surface area contributed by atoms with E-state index >= 15 is 0 Å². The number of hydrogen-bond donors (Lipinski definition) is 1. The van der Waals surface area contributed by atoms with Gasteiger partial charge in [0, 0.05) is 18.2 Å². The van der Waals surface area contributed by atoms with E-state index < -0.39 is 5.82 Å². The average Bonchev–Trinajstić information content (AvgIpc) is 2.46. The van der Waals surface area contributed by atoms with Crippen LogP contribution in [0.2, 0.25) is 0 Å². The van der Waals surface area contributed by atoms with Crippen LogP contribution < -0.4 is 15.2 Å². The number of rotatable bonds is 2. The van der Waals surface area contributed by atoms with Crippen LogP contribution in [0.3, 0.4) is 0 Å². The second-order valence-corrected chi connectivity index (χ2v) is 5.03. The summed E-state index contributed by atoms with van der Waals surface area (Å²) in [5, 5.41) is 0. The summed E-state index contributed by atoms with van der Waals surface area (Å²) in [6.07, 6.45) is -0.275. The van der Waals surface area contributed by atoms with E-state index in [0.717, 1.165) is 0 Å². The Labute approximate surface area is 128 Å². The van der Waals surface area contributed by atoms with E-state index in [1.807, 2.05) is 0 Å². The molecule has 1 heterocycles. The molecule has 0 radical (unpaired) electrons. The van der Waals surface area contributed by atoms with Gasteiger partial charge in [0.05, 0.1) is 0 Å². The predicted molar refractivity (Wildman–Crippen MR) is 82.2 cm³/mol. The van der Waals surface area contributed by atoms with Crippen LogP contribution in [0.4, 0.5) is 8.78 Å². The van der Waals surface area contributed by atoms with Crippen molar-refractivity contribution in [3.63, 3.8) is 0 Å². The zero-order chi connectivity index (χ0) is 15.0. The number of ether oxygens (including phenoxy) is 2. The lowest BCUT2D eigenvalue weighted by atomic mass is 9.98. The molecule has 0 saturated carbocycles. The van der Waals surface area contributed by atoms with Crippen molar-refractivity contribution in [2.45, 2.75) is 20.5 Å². The molecule has 2 aromatic rings. The van der Waals surface area contributed by atoms with Crippen molar-refractivity contribution in [1.82, 2.24) is 0 Å². The molecule has 0 bridgehead atoms. The lowest BCUT2D eigenvalue weighted by Crippen LogP contribution is -2.36. The topological polar surface area (TPSA) is 44.5 Å². The van der Waals surface area contributed by atoms with Crippen molar-refractivity contribution >= 4 is 0 Å². The van der Waals surface area contributed by atoms with E-state index in [0.29, 0.717) is 34.7 Å². The van der Waals surface area contributed by atoms with Gasteiger partial charge in [-0.3, -0.25) is 0 Å². The van der Waals surface area contributed by atoms with Crippen LogP contribution in [0.25, 0.3) is 11.1 Å². The van der Waals surface area contributed by atoms with E-state index in [4.69, 9.17) is 15.2 Å². The molecule has 2 aromatic carbocycles. The van der Waals surface area contributed by atoms with Crippen LogP contribution in [-0.4, -0.2) is 19.3 Å². The second kappa shape index (κ2) is 6.32. The summed E-state index contributed by atoms with van der Waals surface area (Å²) >= 11 is 0. The highest BCUT2D eigenvalue weighted by Gasteiger charge is 2.25. The molecule has 1 aliphatic heterocycles. The minimum Gasteiger partial charge on any atom is -0.486 e. The number of fused-ring (bicyclic) bond motifs is 1. The molecule has 0 aliphatic carbocycles. The van der Waals surface area contributed by atoms with Crippen LogP contribution >= 0.6 is 0 Å². The number of hydrogen-bond acceptors (Lipinski definition) is 3. The van der Waals surface area contributed by atoms with Crippen LogP contribution in [0.15, 0.2) is 30.3 Å². The van der Waals surface area contributed by atoms with E-state index in [1.54, 1.807) is 13.0 Å². The Morgan fingerprint density at radius 3 is 2.59 bits per heavy atom. The van der Waals surface area contributed by atoms with Gasteiger partial charge < -0.3 is 15.2 Å². The zero-order valence-corrected chi connectivity index (χ0v) is 11.5. The molecular formula is C17H19F2NO2. The summed E-state index contributed by atoms with van der Waals surface area (Å²) in [6.45, 7) is 2.35. The third-order valence-corrected chi connectivity index (χ3v) is 3.47. The van der Waals surface area contributed by atoms with Crippen molar-refractivity contribution < 1.29 is 18.3 Å². The van der Waals surface area contributed by atoms with Crippen molar-refractivity contribution in [3.8, 4) is 22.6 Å². The Hall–Kier alpha value is -2.14. The van der Waals surface area contributed by atoms with Gasteiger partial charge in [-0.15, -0.1) is 0 Å². The van der Waals surface area contributed by atoms with Crippen LogP contribution in [0.5, 0.6) is 11.5 Å². The highest BCUT2D eigenvalue weighted by Crippen LogP contribution is 2.42. The molecule has 1 atom stereocenters. The Morgan fingerprint density at radius 2 is 1.91 bits per heavy atom. The standard InChI is InChI=1S/C16H15F2NO2.CH4/c1-9-4-10(17)2-3-13(9)14-5-11(18)6-15-16(14)21-12(7-19)8-20-15;/h2-6,12H,7-8,19H2,1H3;1H4/t12-;/m0./s1. The summed E-state index contributed by atoms with van der Waals surface area (Å²) in [7, 11) is 0. The molecule has 0 aromatic heterocycles. The Balaban J connectivity index is 0.00000176. The van der Waals surface area contributed by atoms with Gasteiger partial charge in [-0.2, -0.15) is 0 Å². The average molecular weight is 307 g/mol. The van der Waals surface area contributed by atoms with Crippen LogP contribution in [-0.2, 0) is 0 Å². The maximum absolute atomic E-state index is 13.8. The van der Waals surface area contributed by atoms with Crippen molar-refractivity contribution in [2.75, 3.05) is 13.2 Å². The summed E-state index contributed by atoms with van der Waals surface area (Å²) in [4.78, 5) is 0. The zero-order valence-electron chi connectivity index (χ0n) is 11.5.